The molecule has 0 unspecified atom stereocenters. The first-order valence-corrected chi connectivity index (χ1v) is 10.3. The summed E-state index contributed by atoms with van der Waals surface area (Å²) in [5.74, 6) is 0.665. The molecule has 0 bridgehead atoms. The molecule has 2 aromatic rings. The van der Waals surface area contributed by atoms with Crippen LogP contribution in [-0.2, 0) is 23.4 Å². The molecule has 0 aliphatic rings. The number of benzene rings is 1. The Labute approximate surface area is 180 Å². The highest BCUT2D eigenvalue weighted by Crippen LogP contribution is 2.15. The van der Waals surface area contributed by atoms with Crippen molar-refractivity contribution in [1.29, 1.82) is 0 Å². The lowest BCUT2D eigenvalue weighted by atomic mass is 10.4. The van der Waals surface area contributed by atoms with E-state index in [4.69, 9.17) is 0 Å². The van der Waals surface area contributed by atoms with Crippen LogP contribution in [0.5, 0.6) is 0 Å². The third-order valence-corrected chi connectivity index (χ3v) is 6.11. The summed E-state index contributed by atoms with van der Waals surface area (Å²) in [5.41, 5.74) is 1.15. The standard InChI is InChI=1S/C17H23BrN4O2S.HI/c1-19-17(22(3)13-15-5-4-11-21(15)2)20-10-12-25(23,24)16-8-6-14(18)7-9-16;/h4-9,11H,10,12-13H2,1-3H3,(H,19,20);1H. The van der Waals surface area contributed by atoms with Crippen molar-refractivity contribution in [3.8, 4) is 0 Å². The highest BCUT2D eigenvalue weighted by molar-refractivity contribution is 14.0. The minimum atomic E-state index is -3.32. The van der Waals surface area contributed by atoms with Gasteiger partial charge in [0.15, 0.2) is 15.8 Å². The van der Waals surface area contributed by atoms with Crippen molar-refractivity contribution in [3.63, 3.8) is 0 Å². The van der Waals surface area contributed by atoms with Gasteiger partial charge in [-0.3, -0.25) is 4.99 Å². The summed E-state index contributed by atoms with van der Waals surface area (Å²) in [6.45, 7) is 0.977. The Hall–Kier alpha value is -1.07. The van der Waals surface area contributed by atoms with E-state index in [1.807, 2.05) is 41.9 Å². The minimum Gasteiger partial charge on any atom is -0.355 e. The first-order chi connectivity index (χ1) is 11.8. The van der Waals surface area contributed by atoms with Gasteiger partial charge >= 0.3 is 0 Å². The molecule has 0 aliphatic heterocycles. The molecule has 9 heteroatoms. The van der Waals surface area contributed by atoms with Crippen molar-refractivity contribution in [2.75, 3.05) is 26.4 Å². The van der Waals surface area contributed by atoms with Gasteiger partial charge in [0, 0.05) is 44.1 Å². The summed E-state index contributed by atoms with van der Waals surface area (Å²) in [7, 11) is 2.28. The van der Waals surface area contributed by atoms with Gasteiger partial charge in [-0.2, -0.15) is 0 Å². The quantitative estimate of drug-likeness (QED) is 0.339. The Morgan fingerprint density at radius 1 is 1.27 bits per heavy atom. The number of halogens is 2. The number of hydrogen-bond acceptors (Lipinski definition) is 3. The van der Waals surface area contributed by atoms with Gasteiger partial charge in [-0.25, -0.2) is 8.42 Å². The van der Waals surface area contributed by atoms with Crippen molar-refractivity contribution in [2.24, 2.45) is 12.0 Å². The molecule has 0 fully saturated rings. The van der Waals surface area contributed by atoms with Gasteiger partial charge in [0.2, 0.25) is 0 Å². The number of nitrogens with one attached hydrogen (secondary N) is 1. The van der Waals surface area contributed by atoms with Crippen LogP contribution in [0.25, 0.3) is 0 Å². The number of aliphatic imine (C=N–C) groups is 1. The van der Waals surface area contributed by atoms with Gasteiger partial charge < -0.3 is 14.8 Å². The summed E-state index contributed by atoms with van der Waals surface area (Å²) in [6.07, 6.45) is 1.99. The average Bonchev–Trinajstić information content (AvgIpc) is 2.97. The zero-order valence-corrected chi connectivity index (χ0v) is 19.7. The second-order valence-electron chi connectivity index (χ2n) is 5.71. The second kappa shape index (κ2) is 10.3. The molecule has 1 aromatic heterocycles. The van der Waals surface area contributed by atoms with Crippen LogP contribution in [0.4, 0.5) is 0 Å². The lowest BCUT2D eigenvalue weighted by Crippen LogP contribution is -2.40. The van der Waals surface area contributed by atoms with Gasteiger partial charge in [-0.1, -0.05) is 15.9 Å². The van der Waals surface area contributed by atoms with E-state index in [0.717, 1.165) is 10.2 Å². The Kier molecular flexibility index (Phi) is 9.11. The fourth-order valence-electron chi connectivity index (χ4n) is 2.42. The molecule has 2 rings (SSSR count). The fourth-order valence-corrected chi connectivity index (χ4v) is 3.84. The normalized spacial score (nSPS) is 11.8. The fraction of sp³-hybridized carbons (Fsp3) is 0.353. The lowest BCUT2D eigenvalue weighted by Gasteiger charge is -2.22. The predicted octanol–water partition coefficient (Wildman–Crippen LogP) is 2.89. The zero-order valence-electron chi connectivity index (χ0n) is 15.0. The number of rotatable bonds is 6. The number of sulfone groups is 1. The summed E-state index contributed by atoms with van der Waals surface area (Å²) in [6, 6.07) is 10.7. The van der Waals surface area contributed by atoms with E-state index in [1.165, 1.54) is 0 Å². The largest absolute Gasteiger partial charge is 0.355 e. The Morgan fingerprint density at radius 3 is 2.46 bits per heavy atom. The number of aromatic nitrogens is 1. The average molecular weight is 555 g/mol. The van der Waals surface area contributed by atoms with E-state index in [9.17, 15) is 8.42 Å². The maximum atomic E-state index is 12.4. The third kappa shape index (κ3) is 6.27. The van der Waals surface area contributed by atoms with Gasteiger partial charge in [0.1, 0.15) is 0 Å². The molecule has 1 N–H and O–H groups in total. The molecule has 0 atom stereocenters. The van der Waals surface area contributed by atoms with Crippen molar-refractivity contribution in [1.82, 2.24) is 14.8 Å². The van der Waals surface area contributed by atoms with Crippen molar-refractivity contribution in [3.05, 3.63) is 52.8 Å². The SMILES string of the molecule is CN=C(NCCS(=O)(=O)c1ccc(Br)cc1)N(C)Cc1cccn1C.I. The first kappa shape index (κ1) is 23.0. The minimum absolute atomic E-state index is 0. The summed E-state index contributed by atoms with van der Waals surface area (Å²) < 4.78 is 27.6. The van der Waals surface area contributed by atoms with Crippen molar-refractivity contribution >= 4 is 55.7 Å². The van der Waals surface area contributed by atoms with Gasteiger partial charge in [-0.15, -0.1) is 24.0 Å². The molecule has 1 heterocycles. The number of nitrogens with zero attached hydrogens (tertiary/aromatic N) is 3. The van der Waals surface area contributed by atoms with E-state index in [1.54, 1.807) is 31.3 Å². The molecule has 0 radical (unpaired) electrons. The van der Waals surface area contributed by atoms with E-state index in [0.29, 0.717) is 23.9 Å². The smallest absolute Gasteiger partial charge is 0.193 e. The number of hydrogen-bond donors (Lipinski definition) is 1. The van der Waals surface area contributed by atoms with Gasteiger partial charge in [-0.05, 0) is 36.4 Å². The van der Waals surface area contributed by atoms with Crippen LogP contribution in [-0.4, -0.2) is 50.2 Å². The predicted molar refractivity (Wildman–Crippen MR) is 120 cm³/mol. The van der Waals surface area contributed by atoms with Crippen LogP contribution < -0.4 is 5.32 Å². The molecule has 0 saturated carbocycles. The summed E-state index contributed by atoms with van der Waals surface area (Å²) in [4.78, 5) is 6.51. The molecular weight excluding hydrogens is 531 g/mol. The Balaban J connectivity index is 0.00000338. The van der Waals surface area contributed by atoms with Crippen LogP contribution in [0.3, 0.4) is 0 Å². The molecule has 0 saturated heterocycles. The highest BCUT2D eigenvalue weighted by Gasteiger charge is 2.15. The Morgan fingerprint density at radius 2 is 1.92 bits per heavy atom. The molecule has 0 spiro atoms. The van der Waals surface area contributed by atoms with E-state index in [2.05, 4.69) is 26.2 Å². The maximum absolute atomic E-state index is 12.4. The third-order valence-electron chi connectivity index (χ3n) is 3.85. The molecule has 26 heavy (non-hydrogen) atoms. The van der Waals surface area contributed by atoms with Gasteiger partial charge in [0.05, 0.1) is 17.2 Å². The van der Waals surface area contributed by atoms with Gasteiger partial charge in [0.25, 0.3) is 0 Å². The second-order valence-corrected chi connectivity index (χ2v) is 8.74. The number of aryl methyl sites for hydroxylation is 1. The van der Waals surface area contributed by atoms with Crippen LogP contribution in [0.2, 0.25) is 0 Å². The molecule has 144 valence electrons. The zero-order chi connectivity index (χ0) is 18.4. The first-order valence-electron chi connectivity index (χ1n) is 7.84. The molecule has 1 aromatic carbocycles. The molecule has 6 nitrogen and oxygen atoms in total. The maximum Gasteiger partial charge on any atom is 0.193 e. The molecular formula is C17H24BrIN4O2S. The molecule has 0 aliphatic carbocycles. The number of guanidine groups is 1. The van der Waals surface area contributed by atoms with Crippen molar-refractivity contribution < 1.29 is 8.42 Å². The van der Waals surface area contributed by atoms with Crippen LogP contribution in [0.15, 0.2) is 57.0 Å². The van der Waals surface area contributed by atoms with Crippen molar-refractivity contribution in [2.45, 2.75) is 11.4 Å². The lowest BCUT2D eigenvalue weighted by molar-refractivity contribution is 0.463. The van der Waals surface area contributed by atoms with E-state index < -0.39 is 9.84 Å². The summed E-state index contributed by atoms with van der Waals surface area (Å²) in [5, 5.41) is 3.12. The monoisotopic (exact) mass is 554 g/mol. The van der Waals surface area contributed by atoms with Crippen LogP contribution in [0.1, 0.15) is 5.69 Å². The van der Waals surface area contributed by atoms with E-state index >= 15 is 0 Å². The topological polar surface area (TPSA) is 66.7 Å². The van der Waals surface area contributed by atoms with E-state index in [-0.39, 0.29) is 29.7 Å². The van der Waals surface area contributed by atoms with Crippen LogP contribution >= 0.6 is 39.9 Å². The summed E-state index contributed by atoms with van der Waals surface area (Å²) >= 11 is 3.31. The molecule has 0 amide bonds. The highest BCUT2D eigenvalue weighted by atomic mass is 127. The van der Waals surface area contributed by atoms with Crippen LogP contribution in [0, 0.1) is 0 Å². The Bertz CT molecular complexity index is 835.